The minimum Gasteiger partial charge on any atom is -0.392 e. The molecule has 0 aromatic carbocycles. The number of nitrogens with zero attached hydrogens (tertiary/aromatic N) is 3. The van der Waals surface area contributed by atoms with Crippen LogP contribution in [0, 0.1) is 0 Å². The van der Waals surface area contributed by atoms with Crippen molar-refractivity contribution in [1.29, 1.82) is 0 Å². The van der Waals surface area contributed by atoms with E-state index in [9.17, 15) is 8.42 Å². The van der Waals surface area contributed by atoms with Crippen molar-refractivity contribution in [2.24, 2.45) is 12.8 Å². The third-order valence-electron chi connectivity index (χ3n) is 2.12. The number of nitrogens with two attached hydrogens (primary N) is 1. The van der Waals surface area contributed by atoms with Crippen LogP contribution in [0.15, 0.2) is 17.3 Å². The van der Waals surface area contributed by atoms with Crippen molar-refractivity contribution < 1.29 is 8.42 Å². The Bertz CT molecular complexity index is 495. The van der Waals surface area contributed by atoms with Gasteiger partial charge in [0, 0.05) is 19.8 Å². The maximum atomic E-state index is 12.2. The summed E-state index contributed by atoms with van der Waals surface area (Å²) >= 11 is 4.76. The smallest absolute Gasteiger partial charge is 0.246 e. The van der Waals surface area contributed by atoms with Crippen molar-refractivity contribution in [3.05, 3.63) is 12.4 Å². The molecule has 0 atom stereocenters. The second kappa shape index (κ2) is 5.56. The van der Waals surface area contributed by atoms with Gasteiger partial charge in [0.15, 0.2) is 0 Å². The fourth-order valence-electron chi connectivity index (χ4n) is 1.39. The largest absolute Gasteiger partial charge is 0.392 e. The van der Waals surface area contributed by atoms with E-state index in [1.807, 2.05) is 6.92 Å². The summed E-state index contributed by atoms with van der Waals surface area (Å²) < 4.78 is 27.2. The second-order valence-corrected chi connectivity index (χ2v) is 6.12. The van der Waals surface area contributed by atoms with Gasteiger partial charge in [-0.05, 0) is 6.42 Å². The number of thiocarbonyl (C=S) groups is 1. The molecule has 0 fully saturated rings. The zero-order valence-electron chi connectivity index (χ0n) is 9.83. The van der Waals surface area contributed by atoms with Gasteiger partial charge >= 0.3 is 0 Å². The molecule has 0 amide bonds. The molecule has 1 heterocycles. The lowest BCUT2D eigenvalue weighted by atomic mass is 10.5. The van der Waals surface area contributed by atoms with Crippen LogP contribution in [0.5, 0.6) is 0 Å². The van der Waals surface area contributed by atoms with Gasteiger partial charge in [0.05, 0.1) is 17.7 Å². The predicted octanol–water partition coefficient (Wildman–Crippen LogP) is 0.107. The molecule has 1 aromatic rings. The molecule has 0 unspecified atom stereocenters. The summed E-state index contributed by atoms with van der Waals surface area (Å²) in [7, 11) is -1.89. The first-order valence-electron chi connectivity index (χ1n) is 5.15. The molecule has 0 radical (unpaired) electrons. The molecule has 0 bridgehead atoms. The summed E-state index contributed by atoms with van der Waals surface area (Å²) in [6.07, 6.45) is 3.47. The fraction of sp³-hybridized carbons (Fsp3) is 0.556. The van der Waals surface area contributed by atoms with Crippen molar-refractivity contribution in [3.8, 4) is 0 Å². The summed E-state index contributed by atoms with van der Waals surface area (Å²) in [6, 6.07) is 0. The lowest BCUT2D eigenvalue weighted by molar-refractivity contribution is 0.449. The van der Waals surface area contributed by atoms with E-state index in [1.54, 1.807) is 7.05 Å². The van der Waals surface area contributed by atoms with Crippen LogP contribution in [0.1, 0.15) is 13.3 Å². The van der Waals surface area contributed by atoms with Crippen LogP contribution in [0.4, 0.5) is 0 Å². The van der Waals surface area contributed by atoms with E-state index in [1.165, 1.54) is 21.4 Å². The lowest BCUT2D eigenvalue weighted by Crippen LogP contribution is -2.38. The number of hydrogen-bond acceptors (Lipinski definition) is 4. The van der Waals surface area contributed by atoms with E-state index < -0.39 is 10.0 Å². The molecule has 1 rings (SSSR count). The minimum atomic E-state index is -3.55. The van der Waals surface area contributed by atoms with E-state index in [4.69, 9.17) is 18.0 Å². The molecule has 6 nitrogen and oxygen atoms in total. The lowest BCUT2D eigenvalue weighted by Gasteiger charge is -2.19. The molecule has 1 aromatic heterocycles. The first-order valence-corrected chi connectivity index (χ1v) is 7.00. The number of sulfonamides is 1. The van der Waals surface area contributed by atoms with Gasteiger partial charge in [-0.15, -0.1) is 0 Å². The SMILES string of the molecule is CCCN(CC(N)=S)S(=O)(=O)c1cnn(C)c1. The Morgan fingerprint density at radius 2 is 2.29 bits per heavy atom. The van der Waals surface area contributed by atoms with Crippen LogP contribution in [0.3, 0.4) is 0 Å². The van der Waals surface area contributed by atoms with Gasteiger partial charge in [-0.1, -0.05) is 19.1 Å². The third kappa shape index (κ3) is 3.48. The highest BCUT2D eigenvalue weighted by atomic mass is 32.2. The van der Waals surface area contributed by atoms with E-state index in [-0.39, 0.29) is 16.4 Å². The Morgan fingerprint density at radius 3 is 2.71 bits per heavy atom. The number of aryl methyl sites for hydroxylation is 1. The van der Waals surface area contributed by atoms with Crippen molar-refractivity contribution in [1.82, 2.24) is 14.1 Å². The topological polar surface area (TPSA) is 81.2 Å². The molecule has 0 aliphatic rings. The number of aromatic nitrogens is 2. The molecule has 17 heavy (non-hydrogen) atoms. The summed E-state index contributed by atoms with van der Waals surface area (Å²) in [5.41, 5.74) is 5.41. The quantitative estimate of drug-likeness (QED) is 0.746. The normalized spacial score (nSPS) is 11.9. The van der Waals surface area contributed by atoms with E-state index in [2.05, 4.69) is 5.10 Å². The van der Waals surface area contributed by atoms with Gasteiger partial charge in [-0.25, -0.2) is 8.42 Å². The van der Waals surface area contributed by atoms with Crippen LogP contribution in [0.25, 0.3) is 0 Å². The van der Waals surface area contributed by atoms with Gasteiger partial charge in [0.25, 0.3) is 0 Å². The van der Waals surface area contributed by atoms with Crippen molar-refractivity contribution in [2.75, 3.05) is 13.1 Å². The average molecular weight is 276 g/mol. The monoisotopic (exact) mass is 276 g/mol. The second-order valence-electron chi connectivity index (χ2n) is 3.65. The van der Waals surface area contributed by atoms with Gasteiger partial charge < -0.3 is 5.73 Å². The molecule has 0 saturated carbocycles. The van der Waals surface area contributed by atoms with E-state index >= 15 is 0 Å². The van der Waals surface area contributed by atoms with Crippen LogP contribution in [-0.4, -0.2) is 40.6 Å². The highest BCUT2D eigenvalue weighted by Crippen LogP contribution is 2.14. The molecule has 96 valence electrons. The Kier molecular flexibility index (Phi) is 4.61. The molecule has 0 spiro atoms. The third-order valence-corrected chi connectivity index (χ3v) is 4.05. The Morgan fingerprint density at radius 1 is 1.65 bits per heavy atom. The van der Waals surface area contributed by atoms with Crippen molar-refractivity contribution >= 4 is 27.2 Å². The fourth-order valence-corrected chi connectivity index (χ4v) is 3.12. The molecule has 0 aliphatic carbocycles. The van der Waals surface area contributed by atoms with Gasteiger partial charge in [-0.3, -0.25) is 4.68 Å². The predicted molar refractivity (Wildman–Crippen MR) is 69.0 cm³/mol. The number of hydrogen-bond donors (Lipinski definition) is 1. The first kappa shape index (κ1) is 14.1. The molecule has 0 saturated heterocycles. The first-order chi connectivity index (χ1) is 7.87. The summed E-state index contributed by atoms with van der Waals surface area (Å²) in [6.45, 7) is 2.33. The highest BCUT2D eigenvalue weighted by Gasteiger charge is 2.25. The molecule has 8 heteroatoms. The number of rotatable bonds is 6. The average Bonchev–Trinajstić information content (AvgIpc) is 2.64. The maximum absolute atomic E-state index is 12.2. The Labute approximate surface area is 106 Å². The van der Waals surface area contributed by atoms with Gasteiger partial charge in [0.2, 0.25) is 10.0 Å². The summed E-state index contributed by atoms with van der Waals surface area (Å²) in [4.78, 5) is 0.315. The Balaban J connectivity index is 3.03. The molecule has 0 aliphatic heterocycles. The van der Waals surface area contributed by atoms with E-state index in [0.29, 0.717) is 13.0 Å². The zero-order valence-corrected chi connectivity index (χ0v) is 11.5. The van der Waals surface area contributed by atoms with Crippen LogP contribution in [0.2, 0.25) is 0 Å². The Hall–Kier alpha value is -0.990. The summed E-state index contributed by atoms with van der Waals surface area (Å²) in [5, 5.41) is 3.85. The molecule has 2 N–H and O–H groups in total. The zero-order chi connectivity index (χ0) is 13.1. The molecular weight excluding hydrogens is 260 g/mol. The van der Waals surface area contributed by atoms with Crippen LogP contribution in [-0.2, 0) is 17.1 Å². The minimum absolute atomic E-state index is 0.0560. The van der Waals surface area contributed by atoms with Crippen LogP contribution >= 0.6 is 12.2 Å². The standard InChI is InChI=1S/C9H16N4O2S2/c1-3-4-13(7-9(10)16)17(14,15)8-5-11-12(2)6-8/h5-6H,3-4,7H2,1-2H3,(H2,10,16). The van der Waals surface area contributed by atoms with E-state index in [0.717, 1.165) is 0 Å². The van der Waals surface area contributed by atoms with Gasteiger partial charge in [-0.2, -0.15) is 9.40 Å². The van der Waals surface area contributed by atoms with Gasteiger partial charge in [0.1, 0.15) is 4.90 Å². The van der Waals surface area contributed by atoms with Crippen molar-refractivity contribution in [3.63, 3.8) is 0 Å². The van der Waals surface area contributed by atoms with Crippen LogP contribution < -0.4 is 5.73 Å². The van der Waals surface area contributed by atoms with Crippen molar-refractivity contribution in [2.45, 2.75) is 18.2 Å². The maximum Gasteiger partial charge on any atom is 0.246 e. The molecular formula is C9H16N4O2S2. The summed E-state index contributed by atoms with van der Waals surface area (Å²) in [5.74, 6) is 0. The highest BCUT2D eigenvalue weighted by molar-refractivity contribution is 7.89.